The molecule has 25 heavy (non-hydrogen) atoms. The number of rotatable bonds is 3. The minimum atomic E-state index is -0.462. The van der Waals surface area contributed by atoms with Crippen molar-refractivity contribution in [1.82, 2.24) is 0 Å². The van der Waals surface area contributed by atoms with E-state index >= 15 is 0 Å². The van der Waals surface area contributed by atoms with Crippen LogP contribution in [0.5, 0.6) is 0 Å². The second-order valence-corrected chi connectivity index (χ2v) is 6.49. The normalized spacial score (nSPS) is 18.0. The Morgan fingerprint density at radius 3 is 2.68 bits per heavy atom. The maximum absolute atomic E-state index is 13.0. The number of fused-ring (bicyclic) bond motifs is 5. The zero-order valence-electron chi connectivity index (χ0n) is 13.9. The first-order chi connectivity index (χ1) is 12.0. The number of amides is 1. The number of anilines is 1. The molecule has 5 heteroatoms. The molecule has 0 aliphatic carbocycles. The molecule has 4 nitrogen and oxygen atoms in total. The zero-order chi connectivity index (χ0) is 17.7. The maximum atomic E-state index is 13.0. The van der Waals surface area contributed by atoms with Gasteiger partial charge in [0.1, 0.15) is 5.76 Å². The summed E-state index contributed by atoms with van der Waals surface area (Å²) in [5, 5.41) is 0.529. The van der Waals surface area contributed by atoms with Crippen LogP contribution < -0.4 is 4.90 Å². The minimum Gasteiger partial charge on any atom is -0.493 e. The van der Waals surface area contributed by atoms with Crippen LogP contribution in [0.15, 0.2) is 48.0 Å². The Hall–Kier alpha value is -2.59. The highest BCUT2D eigenvalue weighted by molar-refractivity contribution is 6.31. The highest BCUT2D eigenvalue weighted by Gasteiger charge is 2.46. The molecule has 126 valence electrons. The Kier molecular flexibility index (Phi) is 3.65. The van der Waals surface area contributed by atoms with Gasteiger partial charge >= 0.3 is 0 Å². The summed E-state index contributed by atoms with van der Waals surface area (Å²) in [6, 6.07) is 12.2. The predicted octanol–water partition coefficient (Wildman–Crippen LogP) is 4.39. The van der Waals surface area contributed by atoms with E-state index in [9.17, 15) is 9.59 Å². The van der Waals surface area contributed by atoms with Crippen LogP contribution in [0, 0.1) is 0 Å². The number of ketones is 1. The van der Waals surface area contributed by atoms with E-state index in [1.165, 1.54) is 6.92 Å². The Balaban J connectivity index is 2.08. The van der Waals surface area contributed by atoms with Crippen LogP contribution >= 0.6 is 11.6 Å². The Labute approximate surface area is 150 Å². The first-order valence-corrected chi connectivity index (χ1v) is 8.52. The summed E-state index contributed by atoms with van der Waals surface area (Å²) < 4.78 is 5.86. The fourth-order valence-electron chi connectivity index (χ4n) is 3.67. The number of Topliss-reactive ketones (excluding diaryl/α,β-unsaturated/α-hetero) is 1. The molecule has 1 unspecified atom stereocenters. The highest BCUT2D eigenvalue weighted by atomic mass is 35.5. The van der Waals surface area contributed by atoms with E-state index in [1.807, 2.05) is 31.2 Å². The molecule has 0 saturated carbocycles. The molecule has 1 amide bonds. The molecule has 4 rings (SSSR count). The second-order valence-electron chi connectivity index (χ2n) is 6.06. The van der Waals surface area contributed by atoms with Crippen molar-refractivity contribution in [3.63, 3.8) is 0 Å². The first-order valence-electron chi connectivity index (χ1n) is 8.15. The summed E-state index contributed by atoms with van der Waals surface area (Å²) in [6.45, 7) is 3.79. The van der Waals surface area contributed by atoms with E-state index in [-0.39, 0.29) is 11.7 Å². The van der Waals surface area contributed by atoms with Gasteiger partial charge in [-0.1, -0.05) is 29.8 Å². The van der Waals surface area contributed by atoms with Gasteiger partial charge in [0.15, 0.2) is 5.78 Å². The molecule has 0 radical (unpaired) electrons. The Morgan fingerprint density at radius 2 is 1.96 bits per heavy atom. The molecule has 0 bridgehead atoms. The average molecular weight is 354 g/mol. The molecule has 0 aromatic heterocycles. The van der Waals surface area contributed by atoms with Crippen molar-refractivity contribution in [1.29, 1.82) is 0 Å². The lowest BCUT2D eigenvalue weighted by molar-refractivity contribution is -0.113. The molecule has 2 aliphatic rings. The van der Waals surface area contributed by atoms with Crippen molar-refractivity contribution in [2.75, 3.05) is 11.5 Å². The lowest BCUT2D eigenvalue weighted by Gasteiger charge is -2.35. The summed E-state index contributed by atoms with van der Waals surface area (Å²) in [7, 11) is 0. The van der Waals surface area contributed by atoms with Crippen LogP contribution in [0.3, 0.4) is 0 Å². The van der Waals surface area contributed by atoms with E-state index in [0.29, 0.717) is 39.8 Å². The number of benzene rings is 2. The van der Waals surface area contributed by atoms with E-state index < -0.39 is 6.04 Å². The van der Waals surface area contributed by atoms with Gasteiger partial charge in [-0.3, -0.25) is 14.5 Å². The van der Waals surface area contributed by atoms with Crippen molar-refractivity contribution in [2.24, 2.45) is 0 Å². The van der Waals surface area contributed by atoms with Gasteiger partial charge < -0.3 is 4.74 Å². The quantitative estimate of drug-likeness (QED) is 0.822. The molecule has 2 heterocycles. The number of nitrogens with zero attached hydrogens (tertiary/aromatic N) is 1. The lowest BCUT2D eigenvalue weighted by atomic mass is 9.88. The summed E-state index contributed by atoms with van der Waals surface area (Å²) in [5.41, 5.74) is 3.33. The SMILES string of the molecule is CCOC1=C(C(C)=O)C2c3ccccc3C(=O)N2c2ccc(Cl)cc21. The summed E-state index contributed by atoms with van der Waals surface area (Å²) in [4.78, 5) is 27.2. The van der Waals surface area contributed by atoms with Gasteiger partial charge in [-0.05, 0) is 43.7 Å². The van der Waals surface area contributed by atoms with Gasteiger partial charge in [0.05, 0.1) is 23.9 Å². The summed E-state index contributed by atoms with van der Waals surface area (Å²) in [5.74, 6) is 0.283. The third-order valence-corrected chi connectivity index (χ3v) is 4.85. The maximum Gasteiger partial charge on any atom is 0.259 e. The van der Waals surface area contributed by atoms with Crippen molar-refractivity contribution in [3.05, 3.63) is 69.8 Å². The molecule has 0 spiro atoms. The number of carbonyl (C=O) groups excluding carboxylic acids is 2. The predicted molar refractivity (Wildman–Crippen MR) is 96.7 cm³/mol. The topological polar surface area (TPSA) is 46.6 Å². The van der Waals surface area contributed by atoms with E-state index in [2.05, 4.69) is 0 Å². The monoisotopic (exact) mass is 353 g/mol. The molecule has 0 N–H and O–H groups in total. The smallest absolute Gasteiger partial charge is 0.259 e. The fourth-order valence-corrected chi connectivity index (χ4v) is 3.84. The van der Waals surface area contributed by atoms with Gasteiger partial charge in [-0.25, -0.2) is 0 Å². The van der Waals surface area contributed by atoms with E-state index in [4.69, 9.17) is 16.3 Å². The molecular weight excluding hydrogens is 338 g/mol. The van der Waals surface area contributed by atoms with Crippen LogP contribution in [0.4, 0.5) is 5.69 Å². The molecule has 2 aromatic rings. The summed E-state index contributed by atoms with van der Waals surface area (Å²) >= 11 is 6.17. The molecule has 1 atom stereocenters. The van der Waals surface area contributed by atoms with E-state index in [0.717, 1.165) is 5.56 Å². The molecule has 2 aromatic carbocycles. The first kappa shape index (κ1) is 15.9. The fraction of sp³-hybridized carbons (Fsp3) is 0.200. The van der Waals surface area contributed by atoms with Gasteiger partial charge in [0.25, 0.3) is 5.91 Å². The number of carbonyl (C=O) groups is 2. The van der Waals surface area contributed by atoms with Crippen molar-refractivity contribution in [3.8, 4) is 0 Å². The van der Waals surface area contributed by atoms with Crippen LogP contribution in [-0.2, 0) is 9.53 Å². The van der Waals surface area contributed by atoms with Crippen molar-refractivity contribution in [2.45, 2.75) is 19.9 Å². The Bertz CT molecular complexity index is 948. The van der Waals surface area contributed by atoms with Gasteiger partial charge in [-0.2, -0.15) is 0 Å². The third-order valence-electron chi connectivity index (χ3n) is 4.61. The number of hydrogen-bond donors (Lipinski definition) is 0. The van der Waals surface area contributed by atoms with Crippen molar-refractivity contribution >= 4 is 34.7 Å². The average Bonchev–Trinajstić information content (AvgIpc) is 2.88. The van der Waals surface area contributed by atoms with Gasteiger partial charge in [-0.15, -0.1) is 0 Å². The van der Waals surface area contributed by atoms with Gasteiger partial charge in [0, 0.05) is 16.1 Å². The minimum absolute atomic E-state index is 0.113. The standard InChI is InChI=1S/C20H16ClNO3/c1-3-25-19-15-10-12(21)8-9-16(15)22-18(17(19)11(2)23)13-6-4-5-7-14(13)20(22)24/h4-10,18H,3H2,1-2H3. The molecular formula is C20H16ClNO3. The molecule has 0 fully saturated rings. The largest absolute Gasteiger partial charge is 0.493 e. The van der Waals surface area contributed by atoms with Crippen molar-refractivity contribution < 1.29 is 14.3 Å². The van der Waals surface area contributed by atoms with Gasteiger partial charge in [0.2, 0.25) is 0 Å². The zero-order valence-corrected chi connectivity index (χ0v) is 14.6. The van der Waals surface area contributed by atoms with E-state index in [1.54, 1.807) is 23.1 Å². The highest BCUT2D eigenvalue weighted by Crippen LogP contribution is 2.50. The third kappa shape index (κ3) is 2.21. The number of hydrogen-bond acceptors (Lipinski definition) is 3. The van der Waals surface area contributed by atoms with Crippen LogP contribution in [0.25, 0.3) is 5.76 Å². The summed E-state index contributed by atoms with van der Waals surface area (Å²) in [6.07, 6.45) is 0. The van der Waals surface area contributed by atoms with Crippen LogP contribution in [0.1, 0.15) is 41.4 Å². The lowest BCUT2D eigenvalue weighted by Crippen LogP contribution is -2.35. The number of ether oxygens (including phenoxy) is 1. The van der Waals surface area contributed by atoms with Crippen LogP contribution in [0.2, 0.25) is 5.02 Å². The van der Waals surface area contributed by atoms with Crippen LogP contribution in [-0.4, -0.2) is 18.3 Å². The second kappa shape index (κ2) is 5.74. The Morgan fingerprint density at radius 1 is 1.20 bits per heavy atom. The number of halogens is 1. The molecule has 2 aliphatic heterocycles. The molecule has 0 saturated heterocycles.